The van der Waals surface area contributed by atoms with Crippen LogP contribution in [0.2, 0.25) is 0 Å². The molecule has 1 amide bonds. The van der Waals surface area contributed by atoms with Crippen LogP contribution in [0.3, 0.4) is 0 Å². The van der Waals surface area contributed by atoms with Crippen molar-refractivity contribution in [2.75, 3.05) is 46.9 Å². The Bertz CT molecular complexity index is 578. The molecule has 0 atom stereocenters. The molecule has 6 heteroatoms. The van der Waals surface area contributed by atoms with Gasteiger partial charge in [0.05, 0.1) is 0 Å². The van der Waals surface area contributed by atoms with Gasteiger partial charge in [0, 0.05) is 32.2 Å². The van der Waals surface area contributed by atoms with E-state index in [1.165, 1.54) is 0 Å². The first-order valence-electron chi connectivity index (χ1n) is 9.30. The highest BCUT2D eigenvalue weighted by atomic mass is 16.6. The number of ether oxygens (including phenoxy) is 2. The molecule has 1 aliphatic rings. The van der Waals surface area contributed by atoms with Gasteiger partial charge in [-0.15, -0.1) is 0 Å². The molecule has 0 aliphatic carbocycles. The number of carbonyl (C=O) groups excluding carboxylic acids is 1. The van der Waals surface area contributed by atoms with Gasteiger partial charge in [-0.3, -0.25) is 4.90 Å². The number of likely N-dealkylation sites (N-methyl/N-ethyl adjacent to an activating group) is 1. The summed E-state index contributed by atoms with van der Waals surface area (Å²) in [5.41, 5.74) is 0.663. The van der Waals surface area contributed by atoms with Gasteiger partial charge in [0.25, 0.3) is 0 Å². The molecule has 0 bridgehead atoms. The number of hydrogen-bond donors (Lipinski definition) is 1. The summed E-state index contributed by atoms with van der Waals surface area (Å²) in [5.74, 6) is 0.879. The summed E-state index contributed by atoms with van der Waals surface area (Å²) in [6.07, 6.45) is 0.364. The number of benzene rings is 1. The maximum atomic E-state index is 11.7. The highest BCUT2D eigenvalue weighted by Gasteiger charge is 2.27. The number of alkyl carbamates (subject to hydrolysis) is 1. The number of likely N-dealkylation sites (tertiary alicyclic amines) is 1. The second-order valence-electron chi connectivity index (χ2n) is 8.05. The monoisotopic (exact) mass is 363 g/mol. The van der Waals surface area contributed by atoms with Crippen molar-refractivity contribution in [2.24, 2.45) is 0 Å². The van der Waals surface area contributed by atoms with Crippen molar-refractivity contribution in [1.82, 2.24) is 15.1 Å². The third kappa shape index (κ3) is 7.22. The van der Waals surface area contributed by atoms with Crippen molar-refractivity contribution in [3.05, 3.63) is 29.8 Å². The molecule has 0 aromatic heterocycles. The first-order chi connectivity index (χ1) is 12.2. The minimum atomic E-state index is -0.471. The van der Waals surface area contributed by atoms with Gasteiger partial charge in [-0.25, -0.2) is 4.79 Å². The van der Waals surface area contributed by atoms with Crippen molar-refractivity contribution in [2.45, 2.75) is 38.8 Å². The fourth-order valence-electron chi connectivity index (χ4n) is 2.76. The average Bonchev–Trinajstić information content (AvgIpc) is 2.47. The molecule has 1 aromatic rings. The maximum Gasteiger partial charge on any atom is 0.407 e. The fourth-order valence-corrected chi connectivity index (χ4v) is 2.76. The van der Waals surface area contributed by atoms with Gasteiger partial charge in [-0.2, -0.15) is 0 Å². The Labute approximate surface area is 157 Å². The Morgan fingerprint density at radius 2 is 2.04 bits per heavy atom. The highest BCUT2D eigenvalue weighted by molar-refractivity contribution is 5.67. The first kappa shape index (κ1) is 20.5. The molecule has 1 heterocycles. The molecule has 1 aliphatic heterocycles. The molecule has 1 saturated heterocycles. The molecule has 0 spiro atoms. The Kier molecular flexibility index (Phi) is 7.29. The van der Waals surface area contributed by atoms with Gasteiger partial charge in [0.15, 0.2) is 0 Å². The third-order valence-electron chi connectivity index (χ3n) is 4.32. The van der Waals surface area contributed by atoms with E-state index in [9.17, 15) is 4.79 Å². The van der Waals surface area contributed by atoms with Gasteiger partial charge in [0.1, 0.15) is 18.0 Å². The minimum absolute atomic E-state index is 0.379. The summed E-state index contributed by atoms with van der Waals surface area (Å²) < 4.78 is 11.1. The average molecular weight is 364 g/mol. The van der Waals surface area contributed by atoms with E-state index in [-0.39, 0.29) is 6.09 Å². The van der Waals surface area contributed by atoms with Crippen LogP contribution in [-0.4, -0.2) is 74.4 Å². The predicted molar refractivity (Wildman–Crippen MR) is 104 cm³/mol. The SMILES string of the molecule is CN(C)C1CN(CCOc2cccc(CCNC(=O)OC(C)(C)C)c2)C1. The van der Waals surface area contributed by atoms with E-state index in [1.54, 1.807) is 0 Å². The van der Waals surface area contributed by atoms with Crippen LogP contribution < -0.4 is 10.1 Å². The van der Waals surface area contributed by atoms with Crippen LogP contribution in [0.1, 0.15) is 26.3 Å². The lowest BCUT2D eigenvalue weighted by Gasteiger charge is -2.42. The van der Waals surface area contributed by atoms with Crippen LogP contribution in [-0.2, 0) is 11.2 Å². The smallest absolute Gasteiger partial charge is 0.407 e. The molecule has 6 nitrogen and oxygen atoms in total. The summed E-state index contributed by atoms with van der Waals surface area (Å²) >= 11 is 0. The number of hydrogen-bond acceptors (Lipinski definition) is 5. The molecule has 2 rings (SSSR count). The summed E-state index contributed by atoms with van der Waals surface area (Å²) in [7, 11) is 4.25. The van der Waals surface area contributed by atoms with Crippen molar-refractivity contribution in [3.63, 3.8) is 0 Å². The van der Waals surface area contributed by atoms with Crippen LogP contribution >= 0.6 is 0 Å². The van der Waals surface area contributed by atoms with Crippen LogP contribution in [0.4, 0.5) is 4.79 Å². The Balaban J connectivity index is 1.65. The van der Waals surface area contributed by atoms with E-state index in [0.29, 0.717) is 19.2 Å². The molecule has 1 aromatic carbocycles. The zero-order chi connectivity index (χ0) is 19.2. The number of nitrogens with one attached hydrogen (secondary N) is 1. The Morgan fingerprint density at radius 3 is 2.69 bits per heavy atom. The normalized spacial score (nSPS) is 15.6. The van der Waals surface area contributed by atoms with Crippen molar-refractivity contribution >= 4 is 6.09 Å². The second kappa shape index (κ2) is 9.24. The van der Waals surface area contributed by atoms with Crippen molar-refractivity contribution in [3.8, 4) is 5.75 Å². The lowest BCUT2D eigenvalue weighted by Crippen LogP contribution is -2.57. The summed E-state index contributed by atoms with van der Waals surface area (Å²) in [6.45, 7) is 9.99. The zero-order valence-electron chi connectivity index (χ0n) is 16.7. The third-order valence-corrected chi connectivity index (χ3v) is 4.32. The van der Waals surface area contributed by atoms with E-state index in [2.05, 4.69) is 29.2 Å². The quantitative estimate of drug-likeness (QED) is 0.769. The Morgan fingerprint density at radius 1 is 1.31 bits per heavy atom. The van der Waals surface area contributed by atoms with E-state index in [4.69, 9.17) is 9.47 Å². The van der Waals surface area contributed by atoms with Gasteiger partial charge < -0.3 is 19.7 Å². The number of amides is 1. The lowest BCUT2D eigenvalue weighted by molar-refractivity contribution is 0.0525. The standard InChI is InChI=1S/C20H33N3O3/c1-20(2,3)26-19(24)21-10-9-16-7-6-8-18(13-16)25-12-11-23-14-17(15-23)22(4)5/h6-8,13,17H,9-12,14-15H2,1-5H3,(H,21,24). The minimum Gasteiger partial charge on any atom is -0.492 e. The molecular weight excluding hydrogens is 330 g/mol. The lowest BCUT2D eigenvalue weighted by atomic mass is 10.1. The fraction of sp³-hybridized carbons (Fsp3) is 0.650. The van der Waals surface area contributed by atoms with E-state index < -0.39 is 5.60 Å². The van der Waals surface area contributed by atoms with Crippen LogP contribution in [0.15, 0.2) is 24.3 Å². The number of carbonyl (C=O) groups is 1. The van der Waals surface area contributed by atoms with E-state index in [1.807, 2.05) is 45.0 Å². The largest absolute Gasteiger partial charge is 0.492 e. The summed E-state index contributed by atoms with van der Waals surface area (Å²) in [5, 5.41) is 2.78. The van der Waals surface area contributed by atoms with E-state index >= 15 is 0 Å². The topological polar surface area (TPSA) is 54.0 Å². The zero-order valence-corrected chi connectivity index (χ0v) is 16.7. The highest BCUT2D eigenvalue weighted by Crippen LogP contribution is 2.15. The van der Waals surface area contributed by atoms with Crippen LogP contribution in [0, 0.1) is 0 Å². The molecule has 146 valence electrons. The molecule has 26 heavy (non-hydrogen) atoms. The van der Waals surface area contributed by atoms with Crippen LogP contribution in [0.25, 0.3) is 0 Å². The Hall–Kier alpha value is -1.79. The molecule has 0 unspecified atom stereocenters. The van der Waals surface area contributed by atoms with Crippen molar-refractivity contribution in [1.29, 1.82) is 0 Å². The van der Waals surface area contributed by atoms with E-state index in [0.717, 1.165) is 37.4 Å². The molecule has 0 radical (unpaired) electrons. The molecule has 0 saturated carbocycles. The van der Waals surface area contributed by atoms with Gasteiger partial charge in [0.2, 0.25) is 0 Å². The molecular formula is C20H33N3O3. The predicted octanol–water partition coefficient (Wildman–Crippen LogP) is 2.38. The maximum absolute atomic E-state index is 11.7. The van der Waals surface area contributed by atoms with Crippen molar-refractivity contribution < 1.29 is 14.3 Å². The second-order valence-corrected chi connectivity index (χ2v) is 8.05. The molecule has 1 N–H and O–H groups in total. The molecule has 1 fully saturated rings. The summed E-state index contributed by atoms with van der Waals surface area (Å²) in [4.78, 5) is 16.3. The number of rotatable bonds is 8. The summed E-state index contributed by atoms with van der Waals surface area (Å²) in [6, 6.07) is 8.72. The first-order valence-corrected chi connectivity index (χ1v) is 9.30. The van der Waals surface area contributed by atoms with Gasteiger partial charge in [-0.05, 0) is 59.0 Å². The van der Waals surface area contributed by atoms with Gasteiger partial charge in [-0.1, -0.05) is 12.1 Å². The number of nitrogens with zero attached hydrogens (tertiary/aromatic N) is 2. The van der Waals surface area contributed by atoms with Crippen LogP contribution in [0.5, 0.6) is 5.75 Å². The van der Waals surface area contributed by atoms with Gasteiger partial charge >= 0.3 is 6.09 Å².